The van der Waals surface area contributed by atoms with Gasteiger partial charge in [-0.3, -0.25) is 4.79 Å². The first-order chi connectivity index (χ1) is 18.7. The van der Waals surface area contributed by atoms with Crippen molar-refractivity contribution < 1.29 is 24.5 Å². The number of carbonyl (C=O) groups is 2. The fraction of sp³-hybridized carbons (Fsp3) is 0.484. The van der Waals surface area contributed by atoms with E-state index in [2.05, 4.69) is 23.1 Å². The molecule has 2 aliphatic heterocycles. The molecule has 2 heterocycles. The minimum atomic E-state index is -2.39. The highest BCUT2D eigenvalue weighted by molar-refractivity contribution is 6.30. The molecule has 3 aliphatic rings. The van der Waals surface area contributed by atoms with Gasteiger partial charge in [0, 0.05) is 37.1 Å². The molecule has 7 nitrogen and oxygen atoms in total. The number of aliphatic carboxylic acids is 1. The molecule has 0 aromatic heterocycles. The summed E-state index contributed by atoms with van der Waals surface area (Å²) in [6, 6.07) is 11.2. The predicted molar refractivity (Wildman–Crippen MR) is 152 cm³/mol. The van der Waals surface area contributed by atoms with Crippen LogP contribution in [-0.4, -0.2) is 60.3 Å². The highest BCUT2D eigenvalue weighted by Crippen LogP contribution is 2.46. The van der Waals surface area contributed by atoms with Crippen molar-refractivity contribution in [3.8, 4) is 5.75 Å². The van der Waals surface area contributed by atoms with Crippen molar-refractivity contribution >= 4 is 29.2 Å². The molecule has 2 aromatic carbocycles. The molecule has 0 saturated heterocycles. The topological polar surface area (TPSA) is 90.3 Å². The Bertz CT molecular complexity index is 1300. The van der Waals surface area contributed by atoms with Gasteiger partial charge in [-0.2, -0.15) is 0 Å². The standard InChI is InChI=1S/C31H37ClN2O5/c1-21-28(35)33(2)15-6-4-3-5-7-16-34-19-30(14-8-9-22-17-24(32)11-12-25(22)30)20-39-27-13-10-23(18-26(27)34)31(21,38)29(36)37/h4,6,10-13,17-18,21,38H,3,5,7-9,14-16,19-20H2,1-2H3,(H,36,37)/b6-4+/t21-,30+,31+/m1/s1. The number of likely N-dealkylation sites (N-methyl/N-ethyl adjacent to an activating group) is 1. The maximum absolute atomic E-state index is 13.2. The Hall–Kier alpha value is -3.03. The molecule has 2 aromatic rings. The van der Waals surface area contributed by atoms with Crippen molar-refractivity contribution in [1.82, 2.24) is 4.90 Å². The fourth-order valence-electron chi connectivity index (χ4n) is 6.46. The van der Waals surface area contributed by atoms with Gasteiger partial charge < -0.3 is 24.7 Å². The zero-order valence-electron chi connectivity index (χ0n) is 22.7. The molecule has 0 saturated carbocycles. The number of nitrogens with zero attached hydrogens (tertiary/aromatic N) is 2. The van der Waals surface area contributed by atoms with Crippen molar-refractivity contribution in [3.63, 3.8) is 0 Å². The van der Waals surface area contributed by atoms with Crippen LogP contribution >= 0.6 is 11.6 Å². The number of ether oxygens (including phenoxy) is 1. The van der Waals surface area contributed by atoms with Gasteiger partial charge in [0.25, 0.3) is 0 Å². The van der Waals surface area contributed by atoms with Crippen LogP contribution in [0.25, 0.3) is 0 Å². The van der Waals surface area contributed by atoms with Crippen LogP contribution in [0.4, 0.5) is 5.69 Å². The number of anilines is 1. The smallest absolute Gasteiger partial charge is 0.341 e. The van der Waals surface area contributed by atoms with Crippen LogP contribution in [0.3, 0.4) is 0 Å². The van der Waals surface area contributed by atoms with Gasteiger partial charge in [0.15, 0.2) is 5.60 Å². The number of carbonyl (C=O) groups excluding carboxylic acids is 1. The summed E-state index contributed by atoms with van der Waals surface area (Å²) in [7, 11) is 1.63. The zero-order chi connectivity index (χ0) is 27.8. The molecule has 39 heavy (non-hydrogen) atoms. The minimum Gasteiger partial charge on any atom is -0.490 e. The minimum absolute atomic E-state index is 0.175. The summed E-state index contributed by atoms with van der Waals surface area (Å²) in [4.78, 5) is 29.5. The van der Waals surface area contributed by atoms with Crippen LogP contribution in [0, 0.1) is 5.92 Å². The molecule has 0 fully saturated rings. The van der Waals surface area contributed by atoms with E-state index in [-0.39, 0.29) is 11.0 Å². The molecule has 1 amide bonds. The first-order valence-electron chi connectivity index (χ1n) is 13.8. The van der Waals surface area contributed by atoms with Crippen LogP contribution in [0.5, 0.6) is 5.75 Å². The predicted octanol–water partition coefficient (Wildman–Crippen LogP) is 4.92. The van der Waals surface area contributed by atoms with Crippen LogP contribution < -0.4 is 9.64 Å². The van der Waals surface area contributed by atoms with Gasteiger partial charge in [0.2, 0.25) is 5.91 Å². The first kappa shape index (κ1) is 27.5. The summed E-state index contributed by atoms with van der Waals surface area (Å²) < 4.78 is 6.48. The second-order valence-corrected chi connectivity index (χ2v) is 11.7. The maximum atomic E-state index is 13.2. The highest BCUT2D eigenvalue weighted by atomic mass is 35.5. The number of aryl methyl sites for hydroxylation is 1. The second kappa shape index (κ2) is 10.9. The summed E-state index contributed by atoms with van der Waals surface area (Å²) in [5.41, 5.74) is 0.805. The summed E-state index contributed by atoms with van der Waals surface area (Å²) in [5, 5.41) is 22.6. The molecule has 8 heteroatoms. The number of carboxylic acids is 1. The Labute approximate surface area is 235 Å². The molecule has 0 radical (unpaired) electrons. The lowest BCUT2D eigenvalue weighted by Gasteiger charge is -2.41. The lowest BCUT2D eigenvalue weighted by molar-refractivity contribution is -0.172. The average molecular weight is 553 g/mol. The average Bonchev–Trinajstić information content (AvgIpc) is 3.07. The number of aliphatic hydroxyl groups is 1. The van der Waals surface area contributed by atoms with Crippen molar-refractivity contribution in [2.75, 3.05) is 38.2 Å². The van der Waals surface area contributed by atoms with Crippen LogP contribution in [0.15, 0.2) is 48.6 Å². The Morgan fingerprint density at radius 2 is 1.95 bits per heavy atom. The van der Waals surface area contributed by atoms with Gasteiger partial charge >= 0.3 is 5.97 Å². The van der Waals surface area contributed by atoms with E-state index < -0.39 is 23.4 Å². The Kier molecular flexibility index (Phi) is 7.66. The monoisotopic (exact) mass is 552 g/mol. The van der Waals surface area contributed by atoms with E-state index in [1.807, 2.05) is 12.1 Å². The number of hydrogen-bond acceptors (Lipinski definition) is 5. The lowest BCUT2D eigenvalue weighted by Crippen LogP contribution is -2.49. The Balaban J connectivity index is 1.61. The zero-order valence-corrected chi connectivity index (χ0v) is 23.4. The SMILES string of the molecule is C[C@@H]1C(=O)N(C)C/C=C/CCCCN2C[C@@]3(CCCc4cc(Cl)ccc43)COc3ccc(cc32)[C@]1(O)C(=O)O. The molecule has 3 atom stereocenters. The van der Waals surface area contributed by atoms with E-state index in [0.717, 1.165) is 55.8 Å². The van der Waals surface area contributed by atoms with E-state index in [1.54, 1.807) is 25.2 Å². The molecular formula is C31H37ClN2O5. The second-order valence-electron chi connectivity index (χ2n) is 11.3. The highest BCUT2D eigenvalue weighted by Gasteiger charge is 2.49. The number of carboxylic acid groups (broad SMARTS) is 1. The summed E-state index contributed by atoms with van der Waals surface area (Å²) in [5.74, 6) is -2.42. The number of benzene rings is 2. The third-order valence-corrected chi connectivity index (χ3v) is 9.01. The van der Waals surface area contributed by atoms with Gasteiger partial charge in [-0.1, -0.05) is 35.9 Å². The number of fused-ring (bicyclic) bond motifs is 3. The summed E-state index contributed by atoms with van der Waals surface area (Å²) in [6.07, 6.45) is 9.79. The molecule has 208 valence electrons. The van der Waals surface area contributed by atoms with Gasteiger partial charge in [-0.15, -0.1) is 0 Å². The fourth-order valence-corrected chi connectivity index (χ4v) is 6.66. The maximum Gasteiger partial charge on any atom is 0.341 e. The number of amides is 1. The first-order valence-corrected chi connectivity index (χ1v) is 14.2. The van der Waals surface area contributed by atoms with Crippen LogP contribution in [0.1, 0.15) is 55.7 Å². The third-order valence-electron chi connectivity index (χ3n) is 8.77. The molecular weight excluding hydrogens is 516 g/mol. The molecule has 2 N–H and O–H groups in total. The largest absolute Gasteiger partial charge is 0.490 e. The number of allylic oxidation sites excluding steroid dienone is 1. The van der Waals surface area contributed by atoms with Crippen molar-refractivity contribution in [2.24, 2.45) is 5.92 Å². The van der Waals surface area contributed by atoms with Crippen molar-refractivity contribution in [1.29, 1.82) is 0 Å². The number of hydrogen-bond donors (Lipinski definition) is 2. The van der Waals surface area contributed by atoms with Crippen LogP contribution in [0.2, 0.25) is 5.02 Å². The summed E-state index contributed by atoms with van der Waals surface area (Å²) >= 11 is 6.35. The van der Waals surface area contributed by atoms with E-state index in [1.165, 1.54) is 23.0 Å². The Morgan fingerprint density at radius 1 is 1.13 bits per heavy atom. The normalized spacial score (nSPS) is 28.5. The third kappa shape index (κ3) is 5.03. The Morgan fingerprint density at radius 3 is 2.74 bits per heavy atom. The molecule has 5 rings (SSSR count). The van der Waals surface area contributed by atoms with Gasteiger partial charge in [0.05, 0.1) is 18.2 Å². The van der Waals surface area contributed by atoms with Crippen LogP contribution in [-0.2, 0) is 27.0 Å². The lowest BCUT2D eigenvalue weighted by atomic mass is 9.70. The molecule has 0 unspecified atom stereocenters. The summed E-state index contributed by atoms with van der Waals surface area (Å²) in [6.45, 7) is 3.80. The van der Waals surface area contributed by atoms with Crippen molar-refractivity contribution in [3.05, 3.63) is 70.3 Å². The van der Waals surface area contributed by atoms with E-state index >= 15 is 0 Å². The van der Waals surface area contributed by atoms with E-state index in [4.69, 9.17) is 16.3 Å². The number of halogens is 1. The van der Waals surface area contributed by atoms with Gasteiger partial charge in [-0.25, -0.2) is 4.79 Å². The molecule has 1 aliphatic carbocycles. The quantitative estimate of drug-likeness (QED) is 0.488. The van der Waals surface area contributed by atoms with E-state index in [9.17, 15) is 19.8 Å². The van der Waals surface area contributed by atoms with Gasteiger partial charge in [-0.05, 0) is 86.4 Å². The molecule has 1 spiro atoms. The van der Waals surface area contributed by atoms with Crippen molar-refractivity contribution in [2.45, 2.75) is 56.5 Å². The van der Waals surface area contributed by atoms with Gasteiger partial charge in [0.1, 0.15) is 5.75 Å². The molecule has 2 bridgehead atoms. The number of rotatable bonds is 1. The van der Waals surface area contributed by atoms with E-state index in [0.29, 0.717) is 25.4 Å².